The Morgan fingerprint density at radius 1 is 1.13 bits per heavy atom. The normalized spacial score (nSPS) is 10.2. The van der Waals surface area contributed by atoms with Crippen molar-refractivity contribution in [2.24, 2.45) is 0 Å². The summed E-state index contributed by atoms with van der Waals surface area (Å²) in [5.41, 5.74) is 0. The zero-order valence-electron chi connectivity index (χ0n) is 12.6. The topological polar surface area (TPSA) is 44.8 Å². The molecule has 6 heteroatoms. The molecular weight excluding hydrogens is 384 g/mol. The standard InChI is InChI=1S/C17H16BrClO4/c1-2-21-17(20)9-10-22-13-4-6-14(7-5-13)23-16-8-3-12(18)11-15(16)19/h3-8,11H,2,9-10H2,1H3. The van der Waals surface area contributed by atoms with Crippen LogP contribution >= 0.6 is 27.5 Å². The highest BCUT2D eigenvalue weighted by Gasteiger charge is 2.05. The summed E-state index contributed by atoms with van der Waals surface area (Å²) < 4.78 is 16.9. The first-order chi connectivity index (χ1) is 11.1. The molecule has 0 N–H and O–H groups in total. The van der Waals surface area contributed by atoms with Crippen LogP contribution in [0, 0.1) is 0 Å². The fourth-order valence-electron chi connectivity index (χ4n) is 1.77. The summed E-state index contributed by atoms with van der Waals surface area (Å²) in [6, 6.07) is 12.5. The van der Waals surface area contributed by atoms with Crippen LogP contribution in [0.15, 0.2) is 46.9 Å². The van der Waals surface area contributed by atoms with Gasteiger partial charge in [-0.15, -0.1) is 0 Å². The van der Waals surface area contributed by atoms with E-state index in [1.807, 2.05) is 6.07 Å². The van der Waals surface area contributed by atoms with Crippen LogP contribution in [0.5, 0.6) is 17.2 Å². The maximum absolute atomic E-state index is 11.2. The number of rotatable bonds is 7. The summed E-state index contributed by atoms with van der Waals surface area (Å²) in [7, 11) is 0. The number of hydrogen-bond acceptors (Lipinski definition) is 4. The molecule has 0 bridgehead atoms. The lowest BCUT2D eigenvalue weighted by Crippen LogP contribution is -2.09. The van der Waals surface area contributed by atoms with Crippen LogP contribution in [0.4, 0.5) is 0 Å². The second-order valence-corrected chi connectivity index (χ2v) is 5.87. The van der Waals surface area contributed by atoms with Crippen LogP contribution in [-0.2, 0) is 9.53 Å². The molecule has 0 atom stereocenters. The van der Waals surface area contributed by atoms with Gasteiger partial charge in [0, 0.05) is 4.47 Å². The van der Waals surface area contributed by atoms with Gasteiger partial charge >= 0.3 is 5.97 Å². The van der Waals surface area contributed by atoms with E-state index >= 15 is 0 Å². The fraction of sp³-hybridized carbons (Fsp3) is 0.235. The van der Waals surface area contributed by atoms with Gasteiger partial charge in [0.2, 0.25) is 0 Å². The molecule has 2 aromatic rings. The first-order valence-electron chi connectivity index (χ1n) is 7.10. The molecule has 0 saturated heterocycles. The molecule has 0 heterocycles. The van der Waals surface area contributed by atoms with Gasteiger partial charge in [-0.05, 0) is 49.4 Å². The van der Waals surface area contributed by atoms with Gasteiger partial charge in [-0.2, -0.15) is 0 Å². The van der Waals surface area contributed by atoms with E-state index in [4.69, 9.17) is 25.8 Å². The van der Waals surface area contributed by atoms with Gasteiger partial charge in [0.05, 0.1) is 24.7 Å². The summed E-state index contributed by atoms with van der Waals surface area (Å²) in [6.45, 7) is 2.43. The predicted molar refractivity (Wildman–Crippen MR) is 92.4 cm³/mol. The van der Waals surface area contributed by atoms with Gasteiger partial charge in [0.25, 0.3) is 0 Å². The predicted octanol–water partition coefficient (Wildman–Crippen LogP) is 5.23. The van der Waals surface area contributed by atoms with E-state index in [1.165, 1.54) is 0 Å². The molecule has 0 amide bonds. The van der Waals surface area contributed by atoms with E-state index in [2.05, 4.69) is 15.9 Å². The monoisotopic (exact) mass is 398 g/mol. The first kappa shape index (κ1) is 17.6. The van der Waals surface area contributed by atoms with Crippen LogP contribution in [0.3, 0.4) is 0 Å². The van der Waals surface area contributed by atoms with Crippen LogP contribution in [0.25, 0.3) is 0 Å². The first-order valence-corrected chi connectivity index (χ1v) is 8.27. The second-order valence-electron chi connectivity index (χ2n) is 4.55. The van der Waals surface area contributed by atoms with Crippen molar-refractivity contribution in [1.29, 1.82) is 0 Å². The summed E-state index contributed by atoms with van der Waals surface area (Å²) in [5, 5.41) is 0.522. The van der Waals surface area contributed by atoms with E-state index in [0.29, 0.717) is 28.9 Å². The number of ether oxygens (including phenoxy) is 3. The van der Waals surface area contributed by atoms with Crippen molar-refractivity contribution >= 4 is 33.5 Å². The third-order valence-electron chi connectivity index (χ3n) is 2.83. The zero-order valence-corrected chi connectivity index (χ0v) is 14.9. The summed E-state index contributed by atoms with van der Waals surface area (Å²) in [6.07, 6.45) is 0.223. The minimum atomic E-state index is -0.266. The SMILES string of the molecule is CCOC(=O)CCOc1ccc(Oc2ccc(Br)cc2Cl)cc1. The van der Waals surface area contributed by atoms with Crippen molar-refractivity contribution < 1.29 is 19.0 Å². The number of halogens is 2. The molecule has 0 radical (unpaired) electrons. The number of hydrogen-bond donors (Lipinski definition) is 0. The van der Waals surface area contributed by atoms with Crippen LogP contribution in [-0.4, -0.2) is 19.2 Å². The quantitative estimate of drug-likeness (QED) is 0.598. The van der Waals surface area contributed by atoms with Crippen LogP contribution < -0.4 is 9.47 Å². The van der Waals surface area contributed by atoms with E-state index in [-0.39, 0.29) is 19.0 Å². The van der Waals surface area contributed by atoms with Crippen molar-refractivity contribution in [2.45, 2.75) is 13.3 Å². The average Bonchev–Trinajstić information content (AvgIpc) is 2.52. The molecular formula is C17H16BrClO4. The van der Waals surface area contributed by atoms with Crippen molar-refractivity contribution in [1.82, 2.24) is 0 Å². The highest BCUT2D eigenvalue weighted by Crippen LogP contribution is 2.32. The lowest BCUT2D eigenvalue weighted by molar-refractivity contribution is -0.143. The third-order valence-corrected chi connectivity index (χ3v) is 3.61. The summed E-state index contributed by atoms with van der Waals surface area (Å²) >= 11 is 9.46. The Kier molecular flexibility index (Phi) is 6.74. The van der Waals surface area contributed by atoms with Crippen molar-refractivity contribution in [2.75, 3.05) is 13.2 Å². The largest absolute Gasteiger partial charge is 0.493 e. The van der Waals surface area contributed by atoms with Crippen molar-refractivity contribution in [3.05, 3.63) is 52.0 Å². The van der Waals surface area contributed by atoms with Gasteiger partial charge < -0.3 is 14.2 Å². The Hall–Kier alpha value is -1.72. The molecule has 23 heavy (non-hydrogen) atoms. The summed E-state index contributed by atoms with van der Waals surface area (Å²) in [4.78, 5) is 11.2. The lowest BCUT2D eigenvalue weighted by atomic mass is 10.3. The Bertz CT molecular complexity index is 658. The minimum Gasteiger partial charge on any atom is -0.493 e. The lowest BCUT2D eigenvalue weighted by Gasteiger charge is -2.09. The number of carbonyl (C=O) groups excluding carboxylic acids is 1. The fourth-order valence-corrected chi connectivity index (χ4v) is 2.49. The molecule has 0 saturated carbocycles. The Morgan fingerprint density at radius 3 is 2.48 bits per heavy atom. The Balaban J connectivity index is 1.88. The molecule has 0 aliphatic rings. The molecule has 0 aromatic heterocycles. The average molecular weight is 400 g/mol. The minimum absolute atomic E-state index is 0.223. The molecule has 0 unspecified atom stereocenters. The number of carbonyl (C=O) groups is 1. The van der Waals surface area contributed by atoms with Gasteiger partial charge in [-0.3, -0.25) is 4.79 Å². The summed E-state index contributed by atoms with van der Waals surface area (Å²) in [5.74, 6) is 1.61. The molecule has 2 aromatic carbocycles. The zero-order chi connectivity index (χ0) is 16.7. The van der Waals surface area contributed by atoms with E-state index < -0.39 is 0 Å². The van der Waals surface area contributed by atoms with Gasteiger partial charge in [-0.1, -0.05) is 27.5 Å². The molecule has 0 aliphatic carbocycles. The maximum atomic E-state index is 11.2. The van der Waals surface area contributed by atoms with Crippen LogP contribution in [0.1, 0.15) is 13.3 Å². The molecule has 4 nitrogen and oxygen atoms in total. The molecule has 0 fully saturated rings. The number of benzene rings is 2. The van der Waals surface area contributed by atoms with Gasteiger partial charge in [0.1, 0.15) is 17.2 Å². The van der Waals surface area contributed by atoms with Crippen molar-refractivity contribution in [3.8, 4) is 17.2 Å². The number of esters is 1. The Morgan fingerprint density at radius 2 is 1.83 bits per heavy atom. The van der Waals surface area contributed by atoms with E-state index in [1.54, 1.807) is 43.3 Å². The second kappa shape index (κ2) is 8.79. The molecule has 2 rings (SSSR count). The molecule has 122 valence electrons. The van der Waals surface area contributed by atoms with Gasteiger partial charge in [0.15, 0.2) is 0 Å². The third kappa shape index (κ3) is 5.77. The van der Waals surface area contributed by atoms with Crippen molar-refractivity contribution in [3.63, 3.8) is 0 Å². The molecule has 0 spiro atoms. The highest BCUT2D eigenvalue weighted by molar-refractivity contribution is 9.10. The van der Waals surface area contributed by atoms with Gasteiger partial charge in [-0.25, -0.2) is 0 Å². The highest BCUT2D eigenvalue weighted by atomic mass is 79.9. The van der Waals surface area contributed by atoms with E-state index in [9.17, 15) is 4.79 Å². The Labute approximate surface area is 148 Å². The molecule has 0 aliphatic heterocycles. The van der Waals surface area contributed by atoms with E-state index in [0.717, 1.165) is 4.47 Å². The smallest absolute Gasteiger partial charge is 0.309 e. The van der Waals surface area contributed by atoms with Crippen LogP contribution in [0.2, 0.25) is 5.02 Å². The maximum Gasteiger partial charge on any atom is 0.309 e.